The molecule has 4 heteroatoms. The standard InChI is InChI=1S/C16H30N2O2/c1-5-6-9-17-12-7-8-13(17)11-14(10-12)18(15(19)20)16(2,3)4/h12-14H,5-11H2,1-4H3,(H,19,20). The Morgan fingerprint density at radius 1 is 1.25 bits per heavy atom. The molecule has 116 valence electrons. The fraction of sp³-hybridized carbons (Fsp3) is 0.938. The second-order valence-corrected chi connectivity index (χ2v) is 7.43. The SMILES string of the molecule is CCCCN1C2CCC1CC(N(C(=O)O)C(C)(C)C)C2. The van der Waals surface area contributed by atoms with Gasteiger partial charge < -0.3 is 10.0 Å². The van der Waals surface area contributed by atoms with Gasteiger partial charge in [0.25, 0.3) is 0 Å². The van der Waals surface area contributed by atoms with E-state index in [0.29, 0.717) is 12.1 Å². The van der Waals surface area contributed by atoms with Crippen molar-refractivity contribution in [3.8, 4) is 0 Å². The molecule has 20 heavy (non-hydrogen) atoms. The Balaban J connectivity index is 2.06. The van der Waals surface area contributed by atoms with Gasteiger partial charge in [-0.3, -0.25) is 4.90 Å². The lowest BCUT2D eigenvalue weighted by atomic mass is 9.92. The van der Waals surface area contributed by atoms with Crippen LogP contribution in [0.15, 0.2) is 0 Å². The number of carbonyl (C=O) groups is 1. The van der Waals surface area contributed by atoms with E-state index in [1.807, 2.05) is 20.8 Å². The van der Waals surface area contributed by atoms with Crippen LogP contribution in [0.3, 0.4) is 0 Å². The summed E-state index contributed by atoms with van der Waals surface area (Å²) in [4.78, 5) is 16.0. The van der Waals surface area contributed by atoms with Crippen molar-refractivity contribution in [2.75, 3.05) is 6.54 Å². The first-order valence-corrected chi connectivity index (χ1v) is 8.12. The van der Waals surface area contributed by atoms with Crippen LogP contribution in [0.5, 0.6) is 0 Å². The molecule has 2 aliphatic heterocycles. The van der Waals surface area contributed by atoms with Crippen LogP contribution >= 0.6 is 0 Å². The highest BCUT2D eigenvalue weighted by atomic mass is 16.4. The maximum atomic E-state index is 11.6. The topological polar surface area (TPSA) is 43.8 Å². The predicted octanol–water partition coefficient (Wildman–Crippen LogP) is 3.56. The highest BCUT2D eigenvalue weighted by Gasteiger charge is 2.45. The average Bonchev–Trinajstić information content (AvgIpc) is 2.55. The monoisotopic (exact) mass is 282 g/mol. The molecule has 2 heterocycles. The Kier molecular flexibility index (Phi) is 4.62. The molecule has 0 aromatic heterocycles. The number of rotatable bonds is 4. The van der Waals surface area contributed by atoms with Crippen molar-refractivity contribution in [3.63, 3.8) is 0 Å². The van der Waals surface area contributed by atoms with Crippen LogP contribution in [0.2, 0.25) is 0 Å². The summed E-state index contributed by atoms with van der Waals surface area (Å²) in [5.41, 5.74) is -0.304. The number of unbranched alkanes of at least 4 members (excludes halogenated alkanes) is 1. The zero-order valence-corrected chi connectivity index (χ0v) is 13.4. The number of amides is 1. The second kappa shape index (κ2) is 5.92. The summed E-state index contributed by atoms with van der Waals surface area (Å²) in [6.45, 7) is 9.45. The van der Waals surface area contributed by atoms with Gasteiger partial charge >= 0.3 is 6.09 Å². The lowest BCUT2D eigenvalue weighted by molar-refractivity contribution is 0.0186. The summed E-state index contributed by atoms with van der Waals surface area (Å²) in [5, 5.41) is 9.57. The van der Waals surface area contributed by atoms with Crippen LogP contribution in [0.25, 0.3) is 0 Å². The van der Waals surface area contributed by atoms with E-state index in [1.54, 1.807) is 4.90 Å². The lowest BCUT2D eigenvalue weighted by Gasteiger charge is -2.46. The molecule has 0 aromatic carbocycles. The number of carboxylic acid groups (broad SMARTS) is 1. The first-order chi connectivity index (χ1) is 9.34. The number of piperidine rings is 1. The molecule has 0 spiro atoms. The van der Waals surface area contributed by atoms with Gasteiger partial charge in [0.2, 0.25) is 0 Å². The van der Waals surface area contributed by atoms with E-state index >= 15 is 0 Å². The Hall–Kier alpha value is -0.770. The van der Waals surface area contributed by atoms with Gasteiger partial charge in [-0.1, -0.05) is 13.3 Å². The van der Waals surface area contributed by atoms with Crippen LogP contribution < -0.4 is 0 Å². The van der Waals surface area contributed by atoms with Gasteiger partial charge in [0, 0.05) is 23.7 Å². The van der Waals surface area contributed by atoms with Crippen molar-refractivity contribution in [2.24, 2.45) is 0 Å². The number of fused-ring (bicyclic) bond motifs is 2. The van der Waals surface area contributed by atoms with Gasteiger partial charge in [-0.15, -0.1) is 0 Å². The molecule has 0 radical (unpaired) electrons. The molecule has 0 saturated carbocycles. The zero-order valence-electron chi connectivity index (χ0n) is 13.4. The molecule has 0 aliphatic carbocycles. The smallest absolute Gasteiger partial charge is 0.407 e. The molecule has 2 unspecified atom stereocenters. The highest BCUT2D eigenvalue weighted by Crippen LogP contribution is 2.39. The number of hydrogen-bond acceptors (Lipinski definition) is 2. The van der Waals surface area contributed by atoms with E-state index in [-0.39, 0.29) is 11.6 Å². The van der Waals surface area contributed by atoms with Gasteiger partial charge in [-0.05, 0) is 59.4 Å². The minimum absolute atomic E-state index is 0.197. The van der Waals surface area contributed by atoms with Gasteiger partial charge in [0.15, 0.2) is 0 Å². The maximum Gasteiger partial charge on any atom is 0.407 e. The average molecular weight is 282 g/mol. The number of nitrogens with zero attached hydrogens (tertiary/aromatic N) is 2. The summed E-state index contributed by atoms with van der Waals surface area (Å²) in [7, 11) is 0. The Bertz CT molecular complexity index is 337. The molecule has 0 aromatic rings. The van der Waals surface area contributed by atoms with Gasteiger partial charge in [-0.2, -0.15) is 0 Å². The van der Waals surface area contributed by atoms with Crippen molar-refractivity contribution in [2.45, 2.75) is 89.9 Å². The maximum absolute atomic E-state index is 11.6. The van der Waals surface area contributed by atoms with Crippen LogP contribution in [-0.4, -0.2) is 51.2 Å². The second-order valence-electron chi connectivity index (χ2n) is 7.43. The molecule has 2 aliphatic rings. The van der Waals surface area contributed by atoms with Gasteiger partial charge in [0.1, 0.15) is 0 Å². The molecule has 2 saturated heterocycles. The summed E-state index contributed by atoms with van der Waals surface area (Å²) in [6.07, 6.45) is 6.28. The Morgan fingerprint density at radius 2 is 1.80 bits per heavy atom. The Labute approximate surface area is 123 Å². The molecule has 4 nitrogen and oxygen atoms in total. The van der Waals surface area contributed by atoms with Crippen molar-refractivity contribution < 1.29 is 9.90 Å². The van der Waals surface area contributed by atoms with Gasteiger partial charge in [0.05, 0.1) is 0 Å². The summed E-state index contributed by atoms with van der Waals surface area (Å²) in [6, 6.07) is 1.41. The first-order valence-electron chi connectivity index (χ1n) is 8.12. The van der Waals surface area contributed by atoms with E-state index in [4.69, 9.17) is 0 Å². The van der Waals surface area contributed by atoms with E-state index in [2.05, 4.69) is 11.8 Å². The molecule has 2 fully saturated rings. The molecule has 2 atom stereocenters. The molecule has 1 N–H and O–H groups in total. The number of hydrogen-bond donors (Lipinski definition) is 1. The minimum atomic E-state index is -0.760. The quantitative estimate of drug-likeness (QED) is 0.857. The fourth-order valence-electron chi connectivity index (χ4n) is 4.15. The van der Waals surface area contributed by atoms with Crippen LogP contribution in [0, 0.1) is 0 Å². The van der Waals surface area contributed by atoms with Crippen molar-refractivity contribution in [1.82, 2.24) is 9.80 Å². The van der Waals surface area contributed by atoms with E-state index in [1.165, 1.54) is 32.2 Å². The normalized spacial score (nSPS) is 30.5. The van der Waals surface area contributed by atoms with E-state index < -0.39 is 6.09 Å². The lowest BCUT2D eigenvalue weighted by Crippen LogP contribution is -2.57. The molecular formula is C16H30N2O2. The Morgan fingerprint density at radius 3 is 2.20 bits per heavy atom. The first kappa shape index (κ1) is 15.6. The van der Waals surface area contributed by atoms with Gasteiger partial charge in [-0.25, -0.2) is 4.79 Å². The third-order valence-electron chi connectivity index (χ3n) is 4.92. The van der Waals surface area contributed by atoms with Crippen molar-refractivity contribution >= 4 is 6.09 Å². The third kappa shape index (κ3) is 3.11. The third-order valence-corrected chi connectivity index (χ3v) is 4.92. The van der Waals surface area contributed by atoms with Crippen molar-refractivity contribution in [1.29, 1.82) is 0 Å². The zero-order chi connectivity index (χ0) is 14.9. The molecular weight excluding hydrogens is 252 g/mol. The molecule has 1 amide bonds. The summed E-state index contributed by atoms with van der Waals surface area (Å²) < 4.78 is 0. The highest BCUT2D eigenvalue weighted by molar-refractivity contribution is 5.66. The van der Waals surface area contributed by atoms with Crippen LogP contribution in [0.4, 0.5) is 4.79 Å². The fourth-order valence-corrected chi connectivity index (χ4v) is 4.15. The summed E-state index contributed by atoms with van der Waals surface area (Å²) >= 11 is 0. The minimum Gasteiger partial charge on any atom is -0.465 e. The predicted molar refractivity (Wildman–Crippen MR) is 81.1 cm³/mol. The van der Waals surface area contributed by atoms with Crippen LogP contribution in [-0.2, 0) is 0 Å². The van der Waals surface area contributed by atoms with Crippen LogP contribution in [0.1, 0.15) is 66.2 Å². The van der Waals surface area contributed by atoms with E-state index in [0.717, 1.165) is 12.8 Å². The van der Waals surface area contributed by atoms with E-state index in [9.17, 15) is 9.90 Å². The molecule has 2 bridgehead atoms. The summed E-state index contributed by atoms with van der Waals surface area (Å²) in [5.74, 6) is 0. The van der Waals surface area contributed by atoms with Crippen molar-refractivity contribution in [3.05, 3.63) is 0 Å². The largest absolute Gasteiger partial charge is 0.465 e. The molecule has 2 rings (SSSR count).